The van der Waals surface area contributed by atoms with Crippen molar-refractivity contribution < 1.29 is 14.6 Å². The molecule has 0 aromatic heterocycles. The van der Waals surface area contributed by atoms with Crippen LogP contribution in [0.5, 0.6) is 0 Å². The molecule has 44 valence electrons. The predicted molar refractivity (Wildman–Crippen MR) is 23.4 cm³/mol. The average Bonchev–Trinajstić information content (AvgIpc) is 2.23. The molecule has 1 rings (SSSR count). The number of rotatable bonds is 0. The molecule has 2 nitrogen and oxygen atoms in total. The summed E-state index contributed by atoms with van der Waals surface area (Å²) in [5.74, 6) is 0. The van der Waals surface area contributed by atoms with Crippen LogP contribution in [0.15, 0.2) is 0 Å². The summed E-state index contributed by atoms with van der Waals surface area (Å²) in [5.41, 5.74) is 0. The topological polar surface area (TPSA) is 29.5 Å². The van der Waals surface area contributed by atoms with E-state index in [4.69, 9.17) is 14.6 Å². The van der Waals surface area contributed by atoms with E-state index in [9.17, 15) is 0 Å². The van der Waals surface area contributed by atoms with Gasteiger partial charge in [-0.1, -0.05) is 4.53 Å². The molecule has 0 amide bonds. The largest absolute Gasteiger partial charge is 0.381 e. The van der Waals surface area contributed by atoms with Crippen LogP contribution < -0.4 is 0 Å². The van der Waals surface area contributed by atoms with Crippen LogP contribution in [0.3, 0.4) is 0 Å². The van der Waals surface area contributed by atoms with Crippen LogP contribution in [0, 0.1) is 0 Å². The van der Waals surface area contributed by atoms with Gasteiger partial charge in [0.25, 0.3) is 0 Å². The summed E-state index contributed by atoms with van der Waals surface area (Å²) in [5, 5.41) is 5.50. The van der Waals surface area contributed by atoms with Crippen molar-refractivity contribution in [2.75, 3.05) is 13.2 Å². The highest BCUT2D eigenvalue weighted by Crippen LogP contribution is 1.98. The van der Waals surface area contributed by atoms with Crippen molar-refractivity contribution in [3.8, 4) is 0 Å². The fourth-order valence-corrected chi connectivity index (χ4v) is 0.510. The van der Waals surface area contributed by atoms with Gasteiger partial charge < -0.3 is 4.74 Å². The molecule has 0 saturated carbocycles. The molecule has 3 heteroatoms. The van der Waals surface area contributed by atoms with Crippen molar-refractivity contribution in [2.45, 2.75) is 12.8 Å². The predicted octanol–water partition coefficient (Wildman–Crippen LogP) is 0.660. The van der Waals surface area contributed by atoms with Crippen molar-refractivity contribution in [2.24, 2.45) is 0 Å². The number of hydrogen-bond donors (Lipinski definition) is 1. The second-order valence-corrected chi connectivity index (χ2v) is 1.32. The maximum Gasteiger partial charge on any atom is 0.0466 e. The SMILES string of the molecule is C1CCOC1.OF. The summed E-state index contributed by atoms with van der Waals surface area (Å²) in [6.07, 6.45) is 2.56. The summed E-state index contributed by atoms with van der Waals surface area (Å²) in [4.78, 5) is 0. The molecule has 0 unspecified atom stereocenters. The second-order valence-electron chi connectivity index (χ2n) is 1.32. The zero-order valence-corrected chi connectivity index (χ0v) is 4.06. The van der Waals surface area contributed by atoms with Gasteiger partial charge in [-0.3, -0.25) is 0 Å². The fraction of sp³-hybridized carbons (Fsp3) is 1.00. The number of hydrogen-bond acceptors (Lipinski definition) is 2. The molecule has 1 N–H and O–H groups in total. The maximum atomic E-state index is 8.50. The van der Waals surface area contributed by atoms with Gasteiger partial charge in [0.15, 0.2) is 0 Å². The van der Waals surface area contributed by atoms with Gasteiger partial charge in [-0.2, -0.15) is 0 Å². The van der Waals surface area contributed by atoms with E-state index in [1.165, 1.54) is 12.8 Å². The zero-order valence-electron chi connectivity index (χ0n) is 4.06. The van der Waals surface area contributed by atoms with Crippen molar-refractivity contribution in [3.63, 3.8) is 0 Å². The van der Waals surface area contributed by atoms with E-state index in [-0.39, 0.29) is 0 Å². The molecule has 0 aromatic rings. The Morgan fingerprint density at radius 3 is 1.71 bits per heavy atom. The molecule has 1 aliphatic heterocycles. The van der Waals surface area contributed by atoms with Gasteiger partial charge in [0, 0.05) is 13.2 Å². The first-order valence-electron chi connectivity index (χ1n) is 2.25. The van der Waals surface area contributed by atoms with Crippen LogP contribution in [0.25, 0.3) is 0 Å². The maximum absolute atomic E-state index is 8.50. The molecule has 1 heterocycles. The Morgan fingerprint density at radius 1 is 1.14 bits per heavy atom. The van der Waals surface area contributed by atoms with Crippen molar-refractivity contribution in [3.05, 3.63) is 0 Å². The normalized spacial score (nSPS) is 18.0. The van der Waals surface area contributed by atoms with Crippen molar-refractivity contribution in [1.82, 2.24) is 0 Å². The first kappa shape index (κ1) is 6.85. The highest BCUT2D eigenvalue weighted by molar-refractivity contribution is 4.43. The van der Waals surface area contributed by atoms with Crippen LogP contribution in [0.2, 0.25) is 0 Å². The van der Waals surface area contributed by atoms with Crippen molar-refractivity contribution in [1.29, 1.82) is 0 Å². The standard InChI is InChI=1S/C4H8O.FHO/c1-2-4-5-3-1;1-2/h1-4H2;2H. The minimum atomic E-state index is 1.00. The molecule has 0 atom stereocenters. The molecule has 0 aliphatic carbocycles. The number of ether oxygens (including phenoxy) is 1. The van der Waals surface area contributed by atoms with Crippen molar-refractivity contribution >= 4 is 0 Å². The van der Waals surface area contributed by atoms with Gasteiger partial charge in [-0.15, -0.1) is 0 Å². The van der Waals surface area contributed by atoms with E-state index in [1.54, 1.807) is 0 Å². The molecule has 7 heavy (non-hydrogen) atoms. The lowest BCUT2D eigenvalue weighted by atomic mass is 10.4. The summed E-state index contributed by atoms with van der Waals surface area (Å²) in [7, 11) is 0. The van der Waals surface area contributed by atoms with Gasteiger partial charge in [0.05, 0.1) is 0 Å². The first-order chi connectivity index (χ1) is 3.50. The van der Waals surface area contributed by atoms with E-state index in [0.717, 1.165) is 13.2 Å². The number of halogens is 1. The second kappa shape index (κ2) is 5.85. The highest BCUT2D eigenvalue weighted by atomic mass is 19.3. The Hall–Kier alpha value is -0.150. The third-order valence-corrected chi connectivity index (χ3v) is 0.827. The molecule has 1 fully saturated rings. The van der Waals surface area contributed by atoms with Crippen LogP contribution in [-0.4, -0.2) is 18.5 Å². The third-order valence-electron chi connectivity index (χ3n) is 0.827. The molecule has 0 spiro atoms. The van der Waals surface area contributed by atoms with Gasteiger partial charge in [0.2, 0.25) is 0 Å². The van der Waals surface area contributed by atoms with E-state index in [2.05, 4.69) is 0 Å². The van der Waals surface area contributed by atoms with E-state index in [1.807, 2.05) is 0 Å². The molecule has 1 aliphatic rings. The summed E-state index contributed by atoms with van der Waals surface area (Å²) >= 11 is 0. The summed E-state index contributed by atoms with van der Waals surface area (Å²) < 4.78 is 13.4. The Labute approximate surface area is 41.8 Å². The van der Waals surface area contributed by atoms with Gasteiger partial charge in [0.1, 0.15) is 0 Å². The Kier molecular flexibility index (Phi) is 5.72. The fourth-order valence-electron chi connectivity index (χ4n) is 0.510. The first-order valence-corrected chi connectivity index (χ1v) is 2.25. The lowest BCUT2D eigenvalue weighted by Gasteiger charge is -1.76. The van der Waals surface area contributed by atoms with Gasteiger partial charge >= 0.3 is 0 Å². The summed E-state index contributed by atoms with van der Waals surface area (Å²) in [6, 6.07) is 0. The van der Waals surface area contributed by atoms with Crippen LogP contribution in [0.1, 0.15) is 12.8 Å². The van der Waals surface area contributed by atoms with E-state index in [0.29, 0.717) is 0 Å². The third kappa shape index (κ3) is 3.69. The van der Waals surface area contributed by atoms with Gasteiger partial charge in [-0.25, -0.2) is 5.31 Å². The molecule has 0 aromatic carbocycles. The molecular formula is C4H9FO2. The Morgan fingerprint density at radius 2 is 1.57 bits per heavy atom. The smallest absolute Gasteiger partial charge is 0.0466 e. The van der Waals surface area contributed by atoms with Crippen LogP contribution >= 0.6 is 0 Å². The lowest BCUT2D eigenvalue weighted by Crippen LogP contribution is -1.74. The van der Waals surface area contributed by atoms with Crippen LogP contribution in [-0.2, 0) is 4.74 Å². The zero-order chi connectivity index (χ0) is 5.54. The minimum absolute atomic E-state index is 1.00. The average molecular weight is 108 g/mol. The highest BCUT2D eigenvalue weighted by Gasteiger charge is 1.94. The molecule has 1 saturated heterocycles. The Bertz CT molecular complexity index is 21.3. The quantitative estimate of drug-likeness (QED) is 0.494. The van der Waals surface area contributed by atoms with Crippen LogP contribution in [0.4, 0.5) is 4.53 Å². The monoisotopic (exact) mass is 108 g/mol. The summed E-state index contributed by atoms with van der Waals surface area (Å²) in [6.45, 7) is 2.00. The molecule has 0 bridgehead atoms. The minimum Gasteiger partial charge on any atom is -0.381 e. The van der Waals surface area contributed by atoms with Gasteiger partial charge in [-0.05, 0) is 12.8 Å². The Balaban J connectivity index is 0.000000162. The molecule has 0 radical (unpaired) electrons. The molecular weight excluding hydrogens is 99.0 g/mol. The van der Waals surface area contributed by atoms with E-state index >= 15 is 0 Å². The lowest BCUT2D eigenvalue weighted by molar-refractivity contribution is -0.0441. The van der Waals surface area contributed by atoms with E-state index < -0.39 is 0 Å².